The number of hydrogen-bond donors (Lipinski definition) is 1. The van der Waals surface area contributed by atoms with Gasteiger partial charge in [0.2, 0.25) is 5.91 Å². The Morgan fingerprint density at radius 3 is 2.55 bits per heavy atom. The van der Waals surface area contributed by atoms with Gasteiger partial charge in [-0.2, -0.15) is 5.10 Å². The fourth-order valence-corrected chi connectivity index (χ4v) is 4.40. The first-order valence-electron chi connectivity index (χ1n) is 10.4. The highest BCUT2D eigenvalue weighted by Gasteiger charge is 2.26. The first-order valence-corrected chi connectivity index (χ1v) is 12.4. The molecule has 1 amide bonds. The number of hydrogen-bond acceptors (Lipinski definition) is 7. The van der Waals surface area contributed by atoms with Crippen molar-refractivity contribution in [1.29, 1.82) is 0 Å². The van der Waals surface area contributed by atoms with E-state index in [0.717, 1.165) is 41.7 Å². The number of aromatic nitrogens is 4. The van der Waals surface area contributed by atoms with Crippen molar-refractivity contribution in [2.45, 2.75) is 38.1 Å². The van der Waals surface area contributed by atoms with E-state index in [2.05, 4.69) is 10.1 Å². The Morgan fingerprint density at radius 1 is 1.18 bits per heavy atom. The van der Waals surface area contributed by atoms with Crippen LogP contribution in [0.25, 0.3) is 11.1 Å². The van der Waals surface area contributed by atoms with E-state index in [1.165, 1.54) is 17.0 Å². The second-order valence-corrected chi connectivity index (χ2v) is 10.0. The van der Waals surface area contributed by atoms with Gasteiger partial charge >= 0.3 is 0 Å². The van der Waals surface area contributed by atoms with Gasteiger partial charge < -0.3 is 15.0 Å². The lowest BCUT2D eigenvalue weighted by atomic mass is 10.0. The molecule has 2 aromatic heterocycles. The van der Waals surface area contributed by atoms with Gasteiger partial charge in [-0.15, -0.1) is 0 Å². The first kappa shape index (κ1) is 24.2. The van der Waals surface area contributed by atoms with Crippen molar-refractivity contribution in [2.75, 3.05) is 12.9 Å². The molecule has 0 aliphatic carbocycles. The van der Waals surface area contributed by atoms with Crippen LogP contribution in [0.15, 0.2) is 54.0 Å². The van der Waals surface area contributed by atoms with E-state index in [-0.39, 0.29) is 18.5 Å². The Bertz CT molecular complexity index is 1270. The highest BCUT2D eigenvalue weighted by Crippen LogP contribution is 2.25. The van der Waals surface area contributed by atoms with Crippen LogP contribution in [0.3, 0.4) is 0 Å². The predicted molar refractivity (Wildman–Crippen MR) is 123 cm³/mol. The molecule has 0 aliphatic heterocycles. The van der Waals surface area contributed by atoms with Crippen molar-refractivity contribution >= 4 is 15.7 Å². The highest BCUT2D eigenvalue weighted by atomic mass is 32.2. The molecule has 11 heteroatoms. The number of aryl methyl sites for hydroxylation is 3. The zero-order chi connectivity index (χ0) is 24.0. The number of benzene rings is 1. The van der Waals surface area contributed by atoms with Crippen molar-refractivity contribution < 1.29 is 17.9 Å². The number of carbonyl (C=O) groups excluding carboxylic acids is 1. The minimum atomic E-state index is -3.64. The second-order valence-electron chi connectivity index (χ2n) is 7.80. The topological polar surface area (TPSA) is 139 Å². The molecule has 2 heterocycles. The molecule has 1 atom stereocenters. The van der Waals surface area contributed by atoms with Gasteiger partial charge in [0.05, 0.1) is 6.61 Å². The lowest BCUT2D eigenvalue weighted by Gasteiger charge is -2.13. The first-order chi connectivity index (χ1) is 15.6. The van der Waals surface area contributed by atoms with Crippen molar-refractivity contribution in [3.63, 3.8) is 0 Å². The van der Waals surface area contributed by atoms with E-state index in [9.17, 15) is 18.0 Å². The van der Waals surface area contributed by atoms with E-state index in [4.69, 9.17) is 10.5 Å². The molecule has 1 unspecified atom stereocenters. The number of rotatable bonds is 11. The van der Waals surface area contributed by atoms with E-state index in [1.807, 2.05) is 25.1 Å². The van der Waals surface area contributed by atoms with Crippen molar-refractivity contribution in [2.24, 2.45) is 5.73 Å². The molecule has 3 rings (SSSR count). The summed E-state index contributed by atoms with van der Waals surface area (Å²) in [7, 11) is -3.64. The summed E-state index contributed by atoms with van der Waals surface area (Å²) in [5.74, 6) is -0.151. The van der Waals surface area contributed by atoms with Gasteiger partial charge in [-0.3, -0.25) is 14.3 Å². The number of pyridine rings is 1. The maximum Gasteiger partial charge on any atom is 0.251 e. The molecule has 10 nitrogen and oxygen atoms in total. The molecule has 33 heavy (non-hydrogen) atoms. The number of nitrogens with zero attached hydrogens (tertiary/aromatic N) is 4. The SMILES string of the molecule is Cc1cc(-c2ccn(CCC(C(N)=O)S(C)(=O)=O)c(=O)c2)ccc1OCCCn1cncn1. The normalized spacial score (nSPS) is 12.4. The Hall–Kier alpha value is -3.47. The molecule has 0 saturated heterocycles. The van der Waals surface area contributed by atoms with Gasteiger partial charge in [0.15, 0.2) is 9.84 Å². The van der Waals surface area contributed by atoms with Crippen LogP contribution < -0.4 is 16.0 Å². The van der Waals surface area contributed by atoms with Gasteiger partial charge in [0.25, 0.3) is 5.56 Å². The summed E-state index contributed by atoms with van der Waals surface area (Å²) in [5.41, 5.74) is 7.42. The zero-order valence-corrected chi connectivity index (χ0v) is 19.4. The van der Waals surface area contributed by atoms with Crippen LogP contribution in [-0.2, 0) is 27.7 Å². The molecule has 0 fully saturated rings. The lowest BCUT2D eigenvalue weighted by molar-refractivity contribution is -0.117. The van der Waals surface area contributed by atoms with Gasteiger partial charge in [-0.1, -0.05) is 6.07 Å². The number of primary amides is 1. The van der Waals surface area contributed by atoms with Crippen LogP contribution >= 0.6 is 0 Å². The van der Waals surface area contributed by atoms with Crippen molar-refractivity contribution in [3.8, 4) is 16.9 Å². The molecular formula is C22H27N5O5S. The van der Waals surface area contributed by atoms with E-state index < -0.39 is 21.0 Å². The minimum absolute atomic E-state index is 0.0600. The van der Waals surface area contributed by atoms with Gasteiger partial charge in [-0.05, 0) is 48.2 Å². The summed E-state index contributed by atoms with van der Waals surface area (Å²) in [6.07, 6.45) is 6.43. The molecule has 0 saturated carbocycles. The average molecular weight is 474 g/mol. The van der Waals surface area contributed by atoms with Crippen LogP contribution in [0, 0.1) is 6.92 Å². The molecule has 1 aromatic carbocycles. The summed E-state index contributed by atoms with van der Waals surface area (Å²) in [4.78, 5) is 27.9. The van der Waals surface area contributed by atoms with E-state index in [1.54, 1.807) is 23.3 Å². The van der Waals surface area contributed by atoms with E-state index in [0.29, 0.717) is 6.61 Å². The summed E-state index contributed by atoms with van der Waals surface area (Å²) >= 11 is 0. The van der Waals surface area contributed by atoms with Gasteiger partial charge in [0.1, 0.15) is 23.7 Å². The molecule has 2 N–H and O–H groups in total. The highest BCUT2D eigenvalue weighted by molar-refractivity contribution is 7.92. The number of ether oxygens (including phenoxy) is 1. The number of sulfone groups is 1. The summed E-state index contributed by atoms with van der Waals surface area (Å²) in [6.45, 7) is 3.26. The summed E-state index contributed by atoms with van der Waals surface area (Å²) in [5, 5.41) is 2.73. The lowest BCUT2D eigenvalue weighted by Crippen LogP contribution is -2.36. The standard InChI is InChI=1S/C22H27N5O5S/c1-16-12-17(4-5-19(16)32-11-3-8-27-15-24-14-25-27)18-6-9-26(21(28)13-18)10-7-20(22(23)29)33(2,30)31/h4-6,9,12-15,20H,3,7-8,10-11H2,1-2H3,(H2,23,29). The second kappa shape index (κ2) is 10.4. The molecule has 0 bridgehead atoms. The minimum Gasteiger partial charge on any atom is -0.493 e. The maximum atomic E-state index is 12.5. The third-order valence-corrected chi connectivity index (χ3v) is 6.73. The predicted octanol–water partition coefficient (Wildman–Crippen LogP) is 1.17. The molecule has 0 aliphatic rings. The fourth-order valence-electron chi connectivity index (χ4n) is 3.44. The molecule has 0 spiro atoms. The van der Waals surface area contributed by atoms with E-state index >= 15 is 0 Å². The Labute approximate surface area is 191 Å². The zero-order valence-electron chi connectivity index (χ0n) is 18.5. The maximum absolute atomic E-state index is 12.5. The van der Waals surface area contributed by atoms with Crippen LogP contribution in [-0.4, -0.2) is 51.8 Å². The molecular weight excluding hydrogens is 446 g/mol. The quantitative estimate of drug-likeness (QED) is 0.412. The van der Waals surface area contributed by atoms with Crippen LogP contribution in [0.5, 0.6) is 5.75 Å². The Balaban J connectivity index is 1.63. The van der Waals surface area contributed by atoms with Crippen LogP contribution in [0.1, 0.15) is 18.4 Å². The van der Waals surface area contributed by atoms with Crippen molar-refractivity contribution in [3.05, 3.63) is 65.1 Å². The largest absolute Gasteiger partial charge is 0.493 e. The van der Waals surface area contributed by atoms with Gasteiger partial charge in [-0.25, -0.2) is 13.4 Å². The van der Waals surface area contributed by atoms with Crippen LogP contribution in [0.4, 0.5) is 0 Å². The fraction of sp³-hybridized carbons (Fsp3) is 0.364. The van der Waals surface area contributed by atoms with Gasteiger partial charge in [0, 0.05) is 38.0 Å². The number of nitrogens with two attached hydrogens (primary N) is 1. The Morgan fingerprint density at radius 2 is 1.94 bits per heavy atom. The molecule has 3 aromatic rings. The summed E-state index contributed by atoms with van der Waals surface area (Å²) < 4.78 is 32.4. The van der Waals surface area contributed by atoms with Crippen molar-refractivity contribution in [1.82, 2.24) is 19.3 Å². The third-order valence-electron chi connectivity index (χ3n) is 5.23. The number of amides is 1. The smallest absolute Gasteiger partial charge is 0.251 e. The monoisotopic (exact) mass is 473 g/mol. The third kappa shape index (κ3) is 6.51. The summed E-state index contributed by atoms with van der Waals surface area (Å²) in [6, 6.07) is 8.95. The average Bonchev–Trinajstić information content (AvgIpc) is 3.25. The molecule has 0 radical (unpaired) electrons. The van der Waals surface area contributed by atoms with Crippen LogP contribution in [0.2, 0.25) is 0 Å². The Kier molecular flexibility index (Phi) is 7.64. The molecule has 176 valence electrons. The number of carbonyl (C=O) groups is 1.